The Labute approximate surface area is 108 Å². The summed E-state index contributed by atoms with van der Waals surface area (Å²) in [5, 5.41) is 13.1. The number of hydrogen-bond donors (Lipinski definition) is 2. The molecule has 1 rings (SSSR count). The molecule has 0 bridgehead atoms. The average molecular weight is 271 g/mol. The molecule has 0 aliphatic rings. The third-order valence-corrected chi connectivity index (χ3v) is 3.44. The monoisotopic (exact) mass is 271 g/mol. The zero-order valence-corrected chi connectivity index (χ0v) is 10.9. The predicted octanol–water partition coefficient (Wildman–Crippen LogP) is 1.94. The standard InChI is InChI=1S/C11H13NO3S2/c1-16-7-5-12-11(15)10-8(4-6-17-10)2-3-9(13)14/h2-4,6H,5,7H2,1H3,(H,12,15)(H,13,14). The van der Waals surface area contributed by atoms with Gasteiger partial charge in [-0.25, -0.2) is 4.79 Å². The van der Waals surface area contributed by atoms with Crippen LogP contribution >= 0.6 is 23.1 Å². The number of hydrogen-bond acceptors (Lipinski definition) is 4. The van der Waals surface area contributed by atoms with Crippen molar-refractivity contribution in [3.05, 3.63) is 28.0 Å². The second-order valence-electron chi connectivity index (χ2n) is 3.13. The highest BCUT2D eigenvalue weighted by Crippen LogP contribution is 2.18. The first-order valence-electron chi connectivity index (χ1n) is 4.90. The molecule has 1 aromatic rings. The zero-order chi connectivity index (χ0) is 12.7. The lowest BCUT2D eigenvalue weighted by atomic mass is 10.2. The zero-order valence-electron chi connectivity index (χ0n) is 9.30. The Balaban J connectivity index is 2.67. The van der Waals surface area contributed by atoms with Crippen LogP contribution in [-0.2, 0) is 4.79 Å². The van der Waals surface area contributed by atoms with Crippen LogP contribution in [0.15, 0.2) is 17.5 Å². The first kappa shape index (κ1) is 13.8. The van der Waals surface area contributed by atoms with Crippen molar-refractivity contribution in [3.8, 4) is 0 Å². The van der Waals surface area contributed by atoms with Crippen molar-refractivity contribution >= 4 is 41.1 Å². The molecule has 92 valence electrons. The maximum atomic E-state index is 11.8. The highest BCUT2D eigenvalue weighted by molar-refractivity contribution is 7.98. The summed E-state index contributed by atoms with van der Waals surface area (Å²) >= 11 is 2.96. The van der Waals surface area contributed by atoms with Crippen LogP contribution in [0.4, 0.5) is 0 Å². The van der Waals surface area contributed by atoms with Crippen LogP contribution in [0.1, 0.15) is 15.2 Å². The van der Waals surface area contributed by atoms with Gasteiger partial charge in [0.1, 0.15) is 0 Å². The Hall–Kier alpha value is -1.27. The maximum Gasteiger partial charge on any atom is 0.328 e. The third-order valence-electron chi connectivity index (χ3n) is 1.90. The van der Waals surface area contributed by atoms with Crippen LogP contribution in [0, 0.1) is 0 Å². The summed E-state index contributed by atoms with van der Waals surface area (Å²) in [4.78, 5) is 22.7. The van der Waals surface area contributed by atoms with Crippen LogP contribution in [0.25, 0.3) is 6.08 Å². The molecule has 0 saturated carbocycles. The highest BCUT2D eigenvalue weighted by atomic mass is 32.2. The lowest BCUT2D eigenvalue weighted by Gasteiger charge is -2.02. The van der Waals surface area contributed by atoms with Crippen molar-refractivity contribution in [1.82, 2.24) is 5.32 Å². The van der Waals surface area contributed by atoms with Crippen molar-refractivity contribution < 1.29 is 14.7 Å². The average Bonchev–Trinajstić information content (AvgIpc) is 2.74. The van der Waals surface area contributed by atoms with Gasteiger partial charge in [-0.2, -0.15) is 11.8 Å². The van der Waals surface area contributed by atoms with Gasteiger partial charge in [0.15, 0.2) is 0 Å². The van der Waals surface area contributed by atoms with E-state index in [-0.39, 0.29) is 5.91 Å². The molecule has 1 amide bonds. The normalized spacial score (nSPS) is 10.6. The number of thiophene rings is 1. The highest BCUT2D eigenvalue weighted by Gasteiger charge is 2.10. The van der Waals surface area contributed by atoms with Gasteiger partial charge in [-0.3, -0.25) is 4.79 Å². The van der Waals surface area contributed by atoms with Crippen LogP contribution in [0.3, 0.4) is 0 Å². The summed E-state index contributed by atoms with van der Waals surface area (Å²) in [5.74, 6) is -0.318. The van der Waals surface area contributed by atoms with E-state index < -0.39 is 5.97 Å². The summed E-state index contributed by atoms with van der Waals surface area (Å²) in [6.45, 7) is 0.611. The van der Waals surface area contributed by atoms with Gasteiger partial charge in [-0.15, -0.1) is 11.3 Å². The number of carbonyl (C=O) groups excluding carboxylic acids is 1. The Kier molecular flexibility index (Phi) is 5.79. The van der Waals surface area contributed by atoms with Gasteiger partial charge in [0, 0.05) is 18.4 Å². The molecule has 0 saturated heterocycles. The van der Waals surface area contributed by atoms with Gasteiger partial charge in [0.2, 0.25) is 0 Å². The van der Waals surface area contributed by atoms with Gasteiger partial charge in [-0.05, 0) is 29.3 Å². The number of carboxylic acid groups (broad SMARTS) is 1. The summed E-state index contributed by atoms with van der Waals surface area (Å²) in [7, 11) is 0. The molecule has 1 heterocycles. The number of rotatable bonds is 6. The molecule has 0 spiro atoms. The lowest BCUT2D eigenvalue weighted by molar-refractivity contribution is -0.131. The molecule has 6 heteroatoms. The van der Waals surface area contributed by atoms with E-state index in [2.05, 4.69) is 5.32 Å². The molecule has 1 aromatic heterocycles. The second-order valence-corrected chi connectivity index (χ2v) is 5.03. The molecule has 4 nitrogen and oxygen atoms in total. The van der Waals surface area contributed by atoms with E-state index >= 15 is 0 Å². The SMILES string of the molecule is CSCCNC(=O)c1sccc1C=CC(=O)O. The topological polar surface area (TPSA) is 66.4 Å². The Morgan fingerprint density at radius 3 is 3.00 bits per heavy atom. The number of nitrogens with one attached hydrogen (secondary N) is 1. The fourth-order valence-corrected chi connectivity index (χ4v) is 2.25. The van der Waals surface area contributed by atoms with Crippen molar-refractivity contribution in [2.45, 2.75) is 0 Å². The van der Waals surface area contributed by atoms with Crippen LogP contribution in [0.5, 0.6) is 0 Å². The first-order valence-corrected chi connectivity index (χ1v) is 7.18. The van der Waals surface area contributed by atoms with E-state index in [1.807, 2.05) is 6.26 Å². The lowest BCUT2D eigenvalue weighted by Crippen LogP contribution is -2.25. The summed E-state index contributed by atoms with van der Waals surface area (Å²) in [6.07, 6.45) is 4.43. The van der Waals surface area contributed by atoms with Gasteiger partial charge in [-0.1, -0.05) is 0 Å². The predicted molar refractivity (Wildman–Crippen MR) is 71.7 cm³/mol. The largest absolute Gasteiger partial charge is 0.478 e. The molecule has 2 N–H and O–H groups in total. The van der Waals surface area contributed by atoms with E-state index in [0.29, 0.717) is 17.0 Å². The molecular weight excluding hydrogens is 258 g/mol. The van der Waals surface area contributed by atoms with Crippen LogP contribution < -0.4 is 5.32 Å². The molecule has 0 fully saturated rings. The van der Waals surface area contributed by atoms with E-state index in [4.69, 9.17) is 5.11 Å². The second kappa shape index (κ2) is 7.13. The summed E-state index contributed by atoms with van der Waals surface area (Å²) in [6, 6.07) is 1.73. The van der Waals surface area contributed by atoms with Crippen molar-refractivity contribution in [2.75, 3.05) is 18.6 Å². The number of thioether (sulfide) groups is 1. The Bertz CT molecular complexity index is 426. The molecule has 17 heavy (non-hydrogen) atoms. The number of carbonyl (C=O) groups is 2. The Morgan fingerprint density at radius 1 is 1.59 bits per heavy atom. The summed E-state index contributed by atoms with van der Waals surface area (Å²) in [5.41, 5.74) is 0.638. The quantitative estimate of drug-likeness (QED) is 0.613. The number of carboxylic acids is 1. The minimum absolute atomic E-state index is 0.154. The van der Waals surface area contributed by atoms with E-state index in [0.717, 1.165) is 11.8 Å². The minimum atomic E-state index is -1.02. The van der Waals surface area contributed by atoms with Crippen molar-refractivity contribution in [3.63, 3.8) is 0 Å². The van der Waals surface area contributed by atoms with Gasteiger partial charge >= 0.3 is 5.97 Å². The van der Waals surface area contributed by atoms with Gasteiger partial charge in [0.25, 0.3) is 5.91 Å². The van der Waals surface area contributed by atoms with Crippen molar-refractivity contribution in [2.24, 2.45) is 0 Å². The molecule has 0 aliphatic carbocycles. The fraction of sp³-hybridized carbons (Fsp3) is 0.273. The van der Waals surface area contributed by atoms with Crippen LogP contribution in [-0.4, -0.2) is 35.5 Å². The minimum Gasteiger partial charge on any atom is -0.478 e. The van der Waals surface area contributed by atoms with Gasteiger partial charge in [0.05, 0.1) is 4.88 Å². The van der Waals surface area contributed by atoms with Gasteiger partial charge < -0.3 is 10.4 Å². The molecule has 0 radical (unpaired) electrons. The van der Waals surface area contributed by atoms with E-state index in [9.17, 15) is 9.59 Å². The van der Waals surface area contributed by atoms with Crippen molar-refractivity contribution in [1.29, 1.82) is 0 Å². The smallest absolute Gasteiger partial charge is 0.328 e. The molecule has 0 unspecified atom stereocenters. The fourth-order valence-electron chi connectivity index (χ4n) is 1.14. The molecule has 0 aliphatic heterocycles. The molecule has 0 aromatic carbocycles. The van der Waals surface area contributed by atoms with E-state index in [1.54, 1.807) is 23.2 Å². The Morgan fingerprint density at radius 2 is 2.35 bits per heavy atom. The molecular formula is C11H13NO3S2. The first-order chi connectivity index (χ1) is 8.15. The maximum absolute atomic E-state index is 11.8. The van der Waals surface area contributed by atoms with E-state index in [1.165, 1.54) is 17.4 Å². The molecule has 0 atom stereocenters. The summed E-state index contributed by atoms with van der Waals surface area (Å²) < 4.78 is 0. The number of aliphatic carboxylic acids is 1. The third kappa shape index (κ3) is 4.62. The number of amides is 1. The van der Waals surface area contributed by atoms with Crippen LogP contribution in [0.2, 0.25) is 0 Å².